The Morgan fingerprint density at radius 3 is 2.47 bits per heavy atom. The van der Waals surface area contributed by atoms with E-state index in [4.69, 9.17) is 0 Å². The summed E-state index contributed by atoms with van der Waals surface area (Å²) in [4.78, 5) is 27.1. The lowest BCUT2D eigenvalue weighted by Crippen LogP contribution is -2.46. The second kappa shape index (κ2) is 6.34. The molecule has 2 N–H and O–H groups in total. The zero-order valence-electron chi connectivity index (χ0n) is 11.5. The molecule has 2 fully saturated rings. The van der Waals surface area contributed by atoms with Crippen LogP contribution in [0.15, 0.2) is 0 Å². The Kier molecular flexibility index (Phi) is 4.76. The molecule has 0 spiro atoms. The summed E-state index contributed by atoms with van der Waals surface area (Å²) in [6, 6.07) is 0.333. The van der Waals surface area contributed by atoms with E-state index in [1.807, 2.05) is 4.90 Å². The third kappa shape index (κ3) is 4.80. The highest BCUT2D eigenvalue weighted by molar-refractivity contribution is 5.85. The van der Waals surface area contributed by atoms with Gasteiger partial charge in [0, 0.05) is 26.2 Å². The number of aliphatic hydroxyl groups excluding tert-OH is 1. The van der Waals surface area contributed by atoms with Crippen molar-refractivity contribution in [1.29, 1.82) is 0 Å². The van der Waals surface area contributed by atoms with E-state index < -0.39 is 0 Å². The fourth-order valence-electron chi connectivity index (χ4n) is 2.19. The molecule has 0 aromatic rings. The van der Waals surface area contributed by atoms with E-state index in [0.717, 1.165) is 38.8 Å². The van der Waals surface area contributed by atoms with Crippen molar-refractivity contribution in [2.24, 2.45) is 0 Å². The van der Waals surface area contributed by atoms with Gasteiger partial charge < -0.3 is 15.3 Å². The van der Waals surface area contributed by atoms with Crippen molar-refractivity contribution in [3.05, 3.63) is 0 Å². The Balaban J connectivity index is 1.67. The van der Waals surface area contributed by atoms with Gasteiger partial charge in [-0.2, -0.15) is 0 Å². The van der Waals surface area contributed by atoms with Gasteiger partial charge in [0.15, 0.2) is 0 Å². The van der Waals surface area contributed by atoms with Crippen LogP contribution in [0.1, 0.15) is 25.7 Å². The van der Waals surface area contributed by atoms with Gasteiger partial charge in [-0.1, -0.05) is 0 Å². The SMILES string of the molecule is CN(CC(=O)NC1CC1)C(=O)CN1CCC(O)CC1. The van der Waals surface area contributed by atoms with Crippen molar-refractivity contribution in [3.63, 3.8) is 0 Å². The fourth-order valence-corrected chi connectivity index (χ4v) is 2.19. The van der Waals surface area contributed by atoms with Crippen LogP contribution in [-0.4, -0.2) is 72.1 Å². The van der Waals surface area contributed by atoms with Gasteiger partial charge in [-0.3, -0.25) is 14.5 Å². The highest BCUT2D eigenvalue weighted by Crippen LogP contribution is 2.18. The van der Waals surface area contributed by atoms with Crippen molar-refractivity contribution in [1.82, 2.24) is 15.1 Å². The van der Waals surface area contributed by atoms with E-state index in [1.54, 1.807) is 7.05 Å². The van der Waals surface area contributed by atoms with Crippen LogP contribution in [0, 0.1) is 0 Å². The minimum Gasteiger partial charge on any atom is -0.393 e. The average molecular weight is 269 g/mol. The van der Waals surface area contributed by atoms with Crippen LogP contribution >= 0.6 is 0 Å². The van der Waals surface area contributed by atoms with Crippen LogP contribution in [-0.2, 0) is 9.59 Å². The van der Waals surface area contributed by atoms with E-state index in [2.05, 4.69) is 5.32 Å². The summed E-state index contributed by atoms with van der Waals surface area (Å²) in [6.45, 7) is 1.95. The lowest BCUT2D eigenvalue weighted by molar-refractivity contribution is -0.136. The molecule has 1 saturated heterocycles. The summed E-state index contributed by atoms with van der Waals surface area (Å²) in [5.74, 6) is -0.116. The predicted molar refractivity (Wildman–Crippen MR) is 70.5 cm³/mol. The van der Waals surface area contributed by atoms with Gasteiger partial charge in [-0.15, -0.1) is 0 Å². The Labute approximate surface area is 113 Å². The molecule has 6 heteroatoms. The number of nitrogens with zero attached hydrogens (tertiary/aromatic N) is 2. The first-order valence-corrected chi connectivity index (χ1v) is 6.98. The summed E-state index contributed by atoms with van der Waals surface area (Å²) in [5, 5.41) is 12.3. The largest absolute Gasteiger partial charge is 0.393 e. The third-order valence-corrected chi connectivity index (χ3v) is 3.66. The number of likely N-dealkylation sites (N-methyl/N-ethyl adjacent to an activating group) is 1. The van der Waals surface area contributed by atoms with Gasteiger partial charge in [0.1, 0.15) is 0 Å². The molecule has 19 heavy (non-hydrogen) atoms. The van der Waals surface area contributed by atoms with E-state index in [1.165, 1.54) is 4.90 Å². The Bertz CT molecular complexity index is 336. The van der Waals surface area contributed by atoms with E-state index in [0.29, 0.717) is 12.6 Å². The maximum Gasteiger partial charge on any atom is 0.239 e. The summed E-state index contributed by atoms with van der Waals surface area (Å²) in [7, 11) is 1.66. The van der Waals surface area contributed by atoms with Gasteiger partial charge in [-0.05, 0) is 25.7 Å². The molecule has 0 atom stereocenters. The molecule has 2 rings (SSSR count). The number of amides is 2. The molecule has 0 bridgehead atoms. The van der Waals surface area contributed by atoms with Crippen molar-refractivity contribution >= 4 is 11.8 Å². The van der Waals surface area contributed by atoms with Crippen molar-refractivity contribution in [2.75, 3.05) is 33.2 Å². The summed E-state index contributed by atoms with van der Waals surface area (Å²) in [6.07, 6.45) is 3.32. The number of rotatable bonds is 5. The number of carbonyl (C=O) groups excluding carboxylic acids is 2. The van der Waals surface area contributed by atoms with Gasteiger partial charge in [0.2, 0.25) is 11.8 Å². The first-order valence-electron chi connectivity index (χ1n) is 6.98. The normalized spacial score (nSPS) is 21.2. The monoisotopic (exact) mass is 269 g/mol. The number of aliphatic hydroxyl groups is 1. The molecule has 0 aromatic carbocycles. The molecule has 0 unspecified atom stereocenters. The van der Waals surface area contributed by atoms with Crippen molar-refractivity contribution in [3.8, 4) is 0 Å². The first kappa shape index (κ1) is 14.3. The standard InChI is InChI=1S/C13H23N3O3/c1-15(8-12(18)14-10-2-3-10)13(19)9-16-6-4-11(17)5-7-16/h10-11,17H,2-9H2,1H3,(H,14,18). The zero-order valence-corrected chi connectivity index (χ0v) is 11.5. The smallest absolute Gasteiger partial charge is 0.239 e. The van der Waals surface area contributed by atoms with Gasteiger partial charge in [-0.25, -0.2) is 0 Å². The highest BCUT2D eigenvalue weighted by Gasteiger charge is 2.25. The van der Waals surface area contributed by atoms with Crippen LogP contribution in [0.2, 0.25) is 0 Å². The minimum absolute atomic E-state index is 0.0395. The van der Waals surface area contributed by atoms with Crippen LogP contribution in [0.3, 0.4) is 0 Å². The number of likely N-dealkylation sites (tertiary alicyclic amines) is 1. The van der Waals surface area contributed by atoms with Gasteiger partial charge >= 0.3 is 0 Å². The van der Waals surface area contributed by atoms with E-state index in [9.17, 15) is 14.7 Å². The number of hydrogen-bond donors (Lipinski definition) is 2. The van der Waals surface area contributed by atoms with Crippen LogP contribution < -0.4 is 5.32 Å². The number of nitrogens with one attached hydrogen (secondary N) is 1. The molecular formula is C13H23N3O3. The molecule has 0 radical (unpaired) electrons. The molecule has 1 aliphatic heterocycles. The number of hydrogen-bond acceptors (Lipinski definition) is 4. The van der Waals surface area contributed by atoms with Gasteiger partial charge in [0.25, 0.3) is 0 Å². The Morgan fingerprint density at radius 2 is 1.89 bits per heavy atom. The average Bonchev–Trinajstić information content (AvgIpc) is 3.15. The van der Waals surface area contributed by atoms with E-state index in [-0.39, 0.29) is 24.5 Å². The Morgan fingerprint density at radius 1 is 1.26 bits per heavy atom. The molecular weight excluding hydrogens is 246 g/mol. The number of piperidine rings is 1. The lowest BCUT2D eigenvalue weighted by atomic mass is 10.1. The molecule has 108 valence electrons. The maximum atomic E-state index is 12.0. The molecule has 1 saturated carbocycles. The first-order chi connectivity index (χ1) is 9.04. The lowest BCUT2D eigenvalue weighted by Gasteiger charge is -2.30. The van der Waals surface area contributed by atoms with Gasteiger partial charge in [0.05, 0.1) is 19.2 Å². The maximum absolute atomic E-state index is 12.0. The second-order valence-corrected chi connectivity index (χ2v) is 5.60. The third-order valence-electron chi connectivity index (χ3n) is 3.66. The van der Waals surface area contributed by atoms with Crippen molar-refractivity contribution < 1.29 is 14.7 Å². The topological polar surface area (TPSA) is 72.9 Å². The van der Waals surface area contributed by atoms with Crippen LogP contribution in [0.4, 0.5) is 0 Å². The summed E-state index contributed by atoms with van der Waals surface area (Å²) in [5.41, 5.74) is 0. The minimum atomic E-state index is -0.228. The molecule has 2 amide bonds. The second-order valence-electron chi connectivity index (χ2n) is 5.60. The molecule has 2 aliphatic rings. The molecule has 0 aromatic heterocycles. The predicted octanol–water partition coefficient (Wildman–Crippen LogP) is -0.820. The Hall–Kier alpha value is -1.14. The summed E-state index contributed by atoms with van der Waals surface area (Å²) >= 11 is 0. The van der Waals surface area contributed by atoms with Crippen LogP contribution in [0.5, 0.6) is 0 Å². The molecule has 1 aliphatic carbocycles. The molecule has 1 heterocycles. The van der Waals surface area contributed by atoms with Crippen LogP contribution in [0.25, 0.3) is 0 Å². The number of carbonyl (C=O) groups is 2. The molecule has 6 nitrogen and oxygen atoms in total. The fraction of sp³-hybridized carbons (Fsp3) is 0.846. The summed E-state index contributed by atoms with van der Waals surface area (Å²) < 4.78 is 0. The quantitative estimate of drug-likeness (QED) is 0.684. The van der Waals surface area contributed by atoms with E-state index >= 15 is 0 Å². The van der Waals surface area contributed by atoms with Crippen molar-refractivity contribution in [2.45, 2.75) is 37.8 Å². The zero-order chi connectivity index (χ0) is 13.8. The highest BCUT2D eigenvalue weighted by atomic mass is 16.3.